The molecule has 3 rings (SSSR count). The van der Waals surface area contributed by atoms with Crippen molar-refractivity contribution >= 4 is 17.3 Å². The molecule has 3 aromatic carbocycles. The van der Waals surface area contributed by atoms with Crippen molar-refractivity contribution in [3.05, 3.63) is 95.6 Å². The number of nitrogens with one attached hydrogen (secondary N) is 2. The molecular weight excluding hydrogens is 320 g/mol. The van der Waals surface area contributed by atoms with Crippen molar-refractivity contribution < 1.29 is 4.79 Å². The summed E-state index contributed by atoms with van der Waals surface area (Å²) < 4.78 is 0. The summed E-state index contributed by atoms with van der Waals surface area (Å²) in [6, 6.07) is 25.7. The first-order valence-corrected chi connectivity index (χ1v) is 8.98. The van der Waals surface area contributed by atoms with Crippen molar-refractivity contribution in [2.75, 3.05) is 17.2 Å². The maximum atomic E-state index is 12.4. The zero-order valence-corrected chi connectivity index (χ0v) is 15.0. The maximum absolute atomic E-state index is 12.4. The third kappa shape index (κ3) is 4.73. The third-order valence-electron chi connectivity index (χ3n) is 4.42. The average Bonchev–Trinajstić information content (AvgIpc) is 2.69. The summed E-state index contributed by atoms with van der Waals surface area (Å²) in [7, 11) is 0. The molecule has 26 heavy (non-hydrogen) atoms. The zero-order chi connectivity index (χ0) is 18.2. The number of carbonyl (C=O) groups is 1. The molecule has 0 aliphatic carbocycles. The Labute approximate surface area is 155 Å². The molecule has 2 N–H and O–H groups in total. The predicted molar refractivity (Wildman–Crippen MR) is 109 cm³/mol. The Morgan fingerprint density at radius 1 is 0.808 bits per heavy atom. The van der Waals surface area contributed by atoms with Crippen LogP contribution < -0.4 is 10.6 Å². The van der Waals surface area contributed by atoms with Gasteiger partial charge in [-0.3, -0.25) is 4.79 Å². The van der Waals surface area contributed by atoms with Gasteiger partial charge < -0.3 is 10.6 Å². The summed E-state index contributed by atoms with van der Waals surface area (Å²) in [6.45, 7) is 2.92. The van der Waals surface area contributed by atoms with Crippen LogP contribution in [-0.4, -0.2) is 12.5 Å². The van der Waals surface area contributed by atoms with E-state index >= 15 is 0 Å². The minimum Gasteiger partial charge on any atom is -0.385 e. The van der Waals surface area contributed by atoms with E-state index in [1.54, 1.807) is 0 Å². The lowest BCUT2D eigenvalue weighted by atomic mass is 10.1. The fourth-order valence-electron chi connectivity index (χ4n) is 2.91. The van der Waals surface area contributed by atoms with E-state index in [1.807, 2.05) is 55.5 Å². The average molecular weight is 344 g/mol. The van der Waals surface area contributed by atoms with Crippen molar-refractivity contribution in [2.45, 2.75) is 19.8 Å². The lowest BCUT2D eigenvalue weighted by Gasteiger charge is -2.14. The minimum atomic E-state index is -0.0880. The van der Waals surface area contributed by atoms with Crippen molar-refractivity contribution in [1.82, 2.24) is 0 Å². The molecule has 0 radical (unpaired) electrons. The monoisotopic (exact) mass is 344 g/mol. The summed E-state index contributed by atoms with van der Waals surface area (Å²) in [4.78, 5) is 12.4. The van der Waals surface area contributed by atoms with Crippen LogP contribution in [0.15, 0.2) is 78.9 Å². The molecule has 0 aliphatic rings. The normalized spacial score (nSPS) is 10.3. The highest BCUT2D eigenvalue weighted by Crippen LogP contribution is 2.24. The van der Waals surface area contributed by atoms with E-state index in [2.05, 4.69) is 41.0 Å². The van der Waals surface area contributed by atoms with Crippen LogP contribution in [0, 0.1) is 6.92 Å². The summed E-state index contributed by atoms with van der Waals surface area (Å²) in [5, 5.41) is 6.49. The van der Waals surface area contributed by atoms with Crippen LogP contribution in [0.3, 0.4) is 0 Å². The summed E-state index contributed by atoms with van der Waals surface area (Å²) >= 11 is 0. The molecule has 3 aromatic rings. The minimum absolute atomic E-state index is 0.0880. The van der Waals surface area contributed by atoms with Crippen LogP contribution in [0.2, 0.25) is 0 Å². The smallest absolute Gasteiger partial charge is 0.255 e. The van der Waals surface area contributed by atoms with E-state index < -0.39 is 0 Å². The van der Waals surface area contributed by atoms with Crippen LogP contribution >= 0.6 is 0 Å². The van der Waals surface area contributed by atoms with E-state index in [1.165, 1.54) is 5.56 Å². The third-order valence-corrected chi connectivity index (χ3v) is 4.42. The number of hydrogen-bond donors (Lipinski definition) is 2. The number of hydrogen-bond acceptors (Lipinski definition) is 2. The highest BCUT2D eigenvalue weighted by atomic mass is 16.1. The fourth-order valence-corrected chi connectivity index (χ4v) is 2.91. The molecule has 0 fully saturated rings. The summed E-state index contributed by atoms with van der Waals surface area (Å²) in [5.74, 6) is -0.0880. The van der Waals surface area contributed by atoms with Gasteiger partial charge in [0.05, 0.1) is 0 Å². The van der Waals surface area contributed by atoms with Gasteiger partial charge in [0.15, 0.2) is 0 Å². The quantitative estimate of drug-likeness (QED) is 0.572. The highest BCUT2D eigenvalue weighted by molar-refractivity contribution is 6.04. The summed E-state index contributed by atoms with van der Waals surface area (Å²) in [6.07, 6.45) is 2.11. The molecule has 0 aromatic heterocycles. The molecule has 0 spiro atoms. The Kier molecular flexibility index (Phi) is 6.05. The molecule has 1 amide bonds. The van der Waals surface area contributed by atoms with Crippen LogP contribution in [0.4, 0.5) is 11.4 Å². The van der Waals surface area contributed by atoms with Crippen LogP contribution in [0.5, 0.6) is 0 Å². The molecule has 0 atom stereocenters. The number of rotatable bonds is 7. The number of aryl methyl sites for hydroxylation is 1. The topological polar surface area (TPSA) is 41.1 Å². The van der Waals surface area contributed by atoms with Gasteiger partial charge >= 0.3 is 0 Å². The van der Waals surface area contributed by atoms with E-state index in [0.29, 0.717) is 5.56 Å². The Morgan fingerprint density at radius 2 is 1.46 bits per heavy atom. The van der Waals surface area contributed by atoms with E-state index in [-0.39, 0.29) is 5.91 Å². The van der Waals surface area contributed by atoms with Gasteiger partial charge in [0, 0.05) is 23.5 Å². The van der Waals surface area contributed by atoms with Crippen molar-refractivity contribution in [2.24, 2.45) is 0 Å². The van der Waals surface area contributed by atoms with Gasteiger partial charge in [-0.25, -0.2) is 0 Å². The van der Waals surface area contributed by atoms with Crippen LogP contribution in [0.25, 0.3) is 0 Å². The van der Waals surface area contributed by atoms with Gasteiger partial charge in [-0.2, -0.15) is 0 Å². The predicted octanol–water partition coefficient (Wildman–Crippen LogP) is 5.29. The van der Waals surface area contributed by atoms with Gasteiger partial charge in [-0.15, -0.1) is 0 Å². The zero-order valence-electron chi connectivity index (χ0n) is 15.0. The van der Waals surface area contributed by atoms with E-state index in [9.17, 15) is 4.79 Å². The number of carbonyl (C=O) groups excluding carboxylic acids is 1. The molecule has 0 saturated heterocycles. The second kappa shape index (κ2) is 8.86. The van der Waals surface area contributed by atoms with Crippen molar-refractivity contribution in [3.8, 4) is 0 Å². The van der Waals surface area contributed by atoms with Gasteiger partial charge in [0.25, 0.3) is 5.91 Å². The molecular formula is C23H24N2O. The van der Waals surface area contributed by atoms with Crippen molar-refractivity contribution in [1.29, 1.82) is 0 Å². The SMILES string of the molecule is Cc1c(NCCCc2ccccc2)cccc1NC(=O)c1ccccc1. The second-order valence-electron chi connectivity index (χ2n) is 6.31. The molecule has 0 saturated carbocycles. The number of anilines is 2. The van der Waals surface area contributed by atoms with Gasteiger partial charge in [0.2, 0.25) is 0 Å². The van der Waals surface area contributed by atoms with E-state index in [4.69, 9.17) is 0 Å². The lowest BCUT2D eigenvalue weighted by Crippen LogP contribution is -2.13. The Balaban J connectivity index is 1.57. The van der Waals surface area contributed by atoms with Gasteiger partial charge in [0.1, 0.15) is 0 Å². The molecule has 0 bridgehead atoms. The molecule has 0 heterocycles. The first-order chi connectivity index (χ1) is 12.7. The van der Waals surface area contributed by atoms with E-state index in [0.717, 1.165) is 36.3 Å². The molecule has 132 valence electrons. The first-order valence-electron chi connectivity index (χ1n) is 8.98. The first kappa shape index (κ1) is 17.7. The Bertz CT molecular complexity index is 845. The Hall–Kier alpha value is -3.07. The lowest BCUT2D eigenvalue weighted by molar-refractivity contribution is 0.102. The second-order valence-corrected chi connectivity index (χ2v) is 6.31. The Morgan fingerprint density at radius 3 is 2.19 bits per heavy atom. The standard InChI is InChI=1S/C23H24N2O/c1-18-21(24-17-9-12-19-10-4-2-5-11-19)15-8-16-22(18)25-23(26)20-13-6-3-7-14-20/h2-8,10-11,13-16,24H,9,12,17H2,1H3,(H,25,26). The number of benzene rings is 3. The maximum Gasteiger partial charge on any atom is 0.255 e. The molecule has 0 unspecified atom stereocenters. The fraction of sp³-hybridized carbons (Fsp3) is 0.174. The molecule has 3 nitrogen and oxygen atoms in total. The number of amides is 1. The van der Waals surface area contributed by atoms with Crippen molar-refractivity contribution in [3.63, 3.8) is 0 Å². The van der Waals surface area contributed by atoms with Crippen LogP contribution in [0.1, 0.15) is 27.9 Å². The molecule has 3 heteroatoms. The summed E-state index contributed by atoms with van der Waals surface area (Å²) in [5.41, 5.74) is 4.97. The molecule has 0 aliphatic heterocycles. The van der Waals surface area contributed by atoms with Crippen LogP contribution in [-0.2, 0) is 6.42 Å². The van der Waals surface area contributed by atoms with Gasteiger partial charge in [-0.05, 0) is 55.2 Å². The largest absolute Gasteiger partial charge is 0.385 e. The highest BCUT2D eigenvalue weighted by Gasteiger charge is 2.09. The van der Waals surface area contributed by atoms with Gasteiger partial charge in [-0.1, -0.05) is 54.6 Å².